The third-order valence-corrected chi connectivity index (χ3v) is 3.69. The normalized spacial score (nSPS) is 23.5. The Morgan fingerprint density at radius 3 is 1.95 bits per heavy atom. The third kappa shape index (κ3) is 7.28. The molecule has 2 aliphatic rings. The fourth-order valence-electron chi connectivity index (χ4n) is 2.85. The van der Waals surface area contributed by atoms with Gasteiger partial charge in [-0.25, -0.2) is 0 Å². The van der Waals surface area contributed by atoms with Crippen molar-refractivity contribution in [2.45, 2.75) is 54.4 Å². The summed E-state index contributed by atoms with van der Waals surface area (Å²) in [5, 5.41) is 0. The minimum absolute atomic E-state index is 0.143. The summed E-state index contributed by atoms with van der Waals surface area (Å²) >= 11 is 0. The molecule has 2 fully saturated rings. The van der Waals surface area contributed by atoms with Gasteiger partial charge in [0.2, 0.25) is 5.91 Å². The highest BCUT2D eigenvalue weighted by molar-refractivity contribution is 5.77. The van der Waals surface area contributed by atoms with Crippen molar-refractivity contribution in [1.29, 1.82) is 0 Å². The Labute approximate surface area is 132 Å². The molecule has 0 saturated carbocycles. The van der Waals surface area contributed by atoms with Crippen LogP contribution in [0.15, 0.2) is 0 Å². The number of ether oxygens (including phenoxy) is 1. The largest absolute Gasteiger partial charge is 0.375 e. The Bertz CT molecular complexity index is 259. The van der Waals surface area contributed by atoms with E-state index < -0.39 is 0 Å². The van der Waals surface area contributed by atoms with E-state index >= 15 is 0 Å². The van der Waals surface area contributed by atoms with Crippen LogP contribution in [0.4, 0.5) is 0 Å². The molecule has 2 aliphatic heterocycles. The smallest absolute Gasteiger partial charge is 0.248 e. The number of hydrogen-bond donors (Lipinski definition) is 0. The fourth-order valence-corrected chi connectivity index (χ4v) is 2.85. The summed E-state index contributed by atoms with van der Waals surface area (Å²) in [4.78, 5) is 16.0. The second-order valence-electron chi connectivity index (χ2n) is 4.99. The molecule has 4 nitrogen and oxygen atoms in total. The topological polar surface area (TPSA) is 32.8 Å². The number of hydrogen-bond acceptors (Lipinski definition) is 3. The summed E-state index contributed by atoms with van der Waals surface area (Å²) in [6.45, 7) is 16.4. The lowest BCUT2D eigenvalue weighted by atomic mass is 9.86. The minimum atomic E-state index is 0.143. The molecule has 1 unspecified atom stereocenters. The van der Waals surface area contributed by atoms with E-state index in [1.165, 1.54) is 13.0 Å². The van der Waals surface area contributed by atoms with Crippen molar-refractivity contribution in [2.24, 2.45) is 5.41 Å². The molecular formula is C17H38N2O2. The van der Waals surface area contributed by atoms with Crippen LogP contribution < -0.4 is 0 Å². The Morgan fingerprint density at radius 2 is 1.52 bits per heavy atom. The summed E-state index contributed by atoms with van der Waals surface area (Å²) < 4.78 is 4.89. The van der Waals surface area contributed by atoms with E-state index in [-0.39, 0.29) is 12.5 Å². The zero-order valence-corrected chi connectivity index (χ0v) is 15.7. The number of likely N-dealkylation sites (tertiary alicyclic amines) is 2. The maximum absolute atomic E-state index is 11.7. The van der Waals surface area contributed by atoms with Crippen LogP contribution in [0.2, 0.25) is 0 Å². The molecule has 2 rings (SSSR count). The number of nitrogens with zero attached hydrogens (tertiary/aromatic N) is 2. The van der Waals surface area contributed by atoms with E-state index in [0.29, 0.717) is 5.41 Å². The fraction of sp³-hybridized carbons (Fsp3) is 0.941. The summed E-state index contributed by atoms with van der Waals surface area (Å²) in [6.07, 6.45) is 2.40. The van der Waals surface area contributed by atoms with E-state index in [1.54, 1.807) is 7.11 Å². The van der Waals surface area contributed by atoms with E-state index in [0.717, 1.165) is 26.1 Å². The average Bonchev–Trinajstić information content (AvgIpc) is 3.12. The number of amides is 1. The maximum Gasteiger partial charge on any atom is 0.248 e. The van der Waals surface area contributed by atoms with Crippen molar-refractivity contribution >= 4 is 5.91 Å². The number of carbonyl (C=O) groups is 1. The summed E-state index contributed by atoms with van der Waals surface area (Å²) in [7, 11) is 3.74. The first kappa shape index (κ1) is 22.7. The lowest BCUT2D eigenvalue weighted by molar-refractivity contribution is -0.134. The van der Waals surface area contributed by atoms with Crippen molar-refractivity contribution in [3.05, 3.63) is 0 Å². The minimum Gasteiger partial charge on any atom is -0.375 e. The lowest BCUT2D eigenvalue weighted by Crippen LogP contribution is -2.35. The zero-order chi connectivity index (χ0) is 16.9. The molecule has 0 aromatic rings. The van der Waals surface area contributed by atoms with Gasteiger partial charge in [-0.15, -0.1) is 0 Å². The Morgan fingerprint density at radius 1 is 1.00 bits per heavy atom. The molecule has 128 valence electrons. The molecule has 2 saturated heterocycles. The first-order chi connectivity index (χ1) is 10.2. The van der Waals surface area contributed by atoms with Gasteiger partial charge in [0.05, 0.1) is 0 Å². The van der Waals surface area contributed by atoms with Crippen molar-refractivity contribution in [1.82, 2.24) is 9.80 Å². The van der Waals surface area contributed by atoms with E-state index in [1.807, 2.05) is 46.4 Å². The summed E-state index contributed by atoms with van der Waals surface area (Å²) in [5.41, 5.74) is 0.387. The van der Waals surface area contributed by atoms with Crippen LogP contribution in [-0.4, -0.2) is 62.7 Å². The van der Waals surface area contributed by atoms with Crippen LogP contribution in [0.3, 0.4) is 0 Å². The Kier molecular flexibility index (Phi) is 14.1. The average molecular weight is 303 g/mol. The summed E-state index contributed by atoms with van der Waals surface area (Å²) in [5.74, 6) is 0.143. The van der Waals surface area contributed by atoms with Gasteiger partial charge in [-0.2, -0.15) is 0 Å². The third-order valence-electron chi connectivity index (χ3n) is 3.69. The van der Waals surface area contributed by atoms with Gasteiger partial charge in [-0.1, -0.05) is 41.5 Å². The van der Waals surface area contributed by atoms with Gasteiger partial charge in [0.25, 0.3) is 0 Å². The van der Waals surface area contributed by atoms with Crippen LogP contribution >= 0.6 is 0 Å². The predicted molar refractivity (Wildman–Crippen MR) is 91.7 cm³/mol. The van der Waals surface area contributed by atoms with Crippen LogP contribution in [0.5, 0.6) is 0 Å². The van der Waals surface area contributed by atoms with Gasteiger partial charge in [0, 0.05) is 32.2 Å². The van der Waals surface area contributed by atoms with Crippen molar-refractivity contribution in [3.8, 4) is 0 Å². The van der Waals surface area contributed by atoms with Gasteiger partial charge in [-0.3, -0.25) is 4.79 Å². The van der Waals surface area contributed by atoms with Crippen LogP contribution in [0, 0.1) is 5.41 Å². The van der Waals surface area contributed by atoms with Crippen LogP contribution in [0.1, 0.15) is 54.4 Å². The summed E-state index contributed by atoms with van der Waals surface area (Å²) in [6, 6.07) is 0. The molecule has 0 aliphatic carbocycles. The zero-order valence-electron chi connectivity index (χ0n) is 15.7. The molecular weight excluding hydrogens is 264 g/mol. The molecule has 0 N–H and O–H groups in total. The molecule has 0 bridgehead atoms. The molecule has 4 heteroatoms. The standard InChI is InChI=1S/C11H20N2O2.3C2H6/c1-12-5-3-11(8-12)4-6-13(9-11)10(14)7-15-2;3*1-2/h3-9H2,1-2H3;3*1-2H3. The number of methoxy groups -OCH3 is 1. The van der Waals surface area contributed by atoms with E-state index in [2.05, 4.69) is 11.9 Å². The molecule has 21 heavy (non-hydrogen) atoms. The highest BCUT2D eigenvalue weighted by atomic mass is 16.5. The molecule has 0 aromatic carbocycles. The Balaban J connectivity index is 0. The van der Waals surface area contributed by atoms with E-state index in [9.17, 15) is 4.79 Å². The van der Waals surface area contributed by atoms with Crippen molar-refractivity contribution in [3.63, 3.8) is 0 Å². The van der Waals surface area contributed by atoms with Gasteiger partial charge in [-0.05, 0) is 26.4 Å². The quantitative estimate of drug-likeness (QED) is 0.785. The highest BCUT2D eigenvalue weighted by Gasteiger charge is 2.43. The second-order valence-corrected chi connectivity index (χ2v) is 4.99. The SMILES string of the molecule is CC.CC.CC.COCC(=O)N1CCC2(CCN(C)C2)C1. The van der Waals surface area contributed by atoms with Crippen molar-refractivity contribution in [2.75, 3.05) is 46.9 Å². The molecule has 0 aromatic heterocycles. The first-order valence-corrected chi connectivity index (χ1v) is 8.60. The van der Waals surface area contributed by atoms with Crippen molar-refractivity contribution < 1.29 is 9.53 Å². The Hall–Kier alpha value is -0.610. The second kappa shape index (κ2) is 13.1. The van der Waals surface area contributed by atoms with Crippen LogP contribution in [0.25, 0.3) is 0 Å². The van der Waals surface area contributed by atoms with Gasteiger partial charge in [0.15, 0.2) is 0 Å². The molecule has 1 atom stereocenters. The maximum atomic E-state index is 11.7. The van der Waals surface area contributed by atoms with Gasteiger partial charge < -0.3 is 14.5 Å². The van der Waals surface area contributed by atoms with Crippen LogP contribution in [-0.2, 0) is 9.53 Å². The molecule has 0 radical (unpaired) electrons. The molecule has 1 amide bonds. The lowest BCUT2D eigenvalue weighted by Gasteiger charge is -2.23. The monoisotopic (exact) mass is 302 g/mol. The predicted octanol–water partition coefficient (Wildman–Crippen LogP) is 3.27. The molecule has 2 heterocycles. The number of rotatable bonds is 2. The first-order valence-electron chi connectivity index (χ1n) is 8.60. The van der Waals surface area contributed by atoms with Gasteiger partial charge in [0.1, 0.15) is 6.61 Å². The number of carbonyl (C=O) groups excluding carboxylic acids is 1. The van der Waals surface area contributed by atoms with E-state index in [4.69, 9.17) is 4.74 Å². The highest BCUT2D eigenvalue weighted by Crippen LogP contribution is 2.38. The van der Waals surface area contributed by atoms with Gasteiger partial charge >= 0.3 is 0 Å². The molecule has 1 spiro atoms.